The number of nitrogens with zero attached hydrogens (tertiary/aromatic N) is 1. The summed E-state index contributed by atoms with van der Waals surface area (Å²) in [5, 5.41) is 9.48. The molecule has 2 aliphatic heterocycles. The largest absolute Gasteiger partial charge is 0.391 e. The topological polar surface area (TPSA) is 57.6 Å². The third-order valence-electron chi connectivity index (χ3n) is 4.13. The number of amides is 2. The van der Waals surface area contributed by atoms with E-state index in [0.29, 0.717) is 5.75 Å². The van der Waals surface area contributed by atoms with E-state index in [1.165, 1.54) is 23.1 Å². The van der Waals surface area contributed by atoms with Crippen LogP contribution in [0.4, 0.5) is 0 Å². The molecule has 0 radical (unpaired) electrons. The summed E-state index contributed by atoms with van der Waals surface area (Å²) in [7, 11) is 0. The van der Waals surface area contributed by atoms with E-state index in [1.54, 1.807) is 0 Å². The summed E-state index contributed by atoms with van der Waals surface area (Å²) in [6, 6.07) is 0.0992. The van der Waals surface area contributed by atoms with Crippen LogP contribution in [0.15, 0.2) is 0 Å². The smallest absolute Gasteiger partial charge is 0.243 e. The van der Waals surface area contributed by atoms with Gasteiger partial charge in [-0.05, 0) is 12.8 Å². The number of fused-ring (bicyclic) bond motifs is 1. The van der Waals surface area contributed by atoms with Gasteiger partial charge in [-0.25, -0.2) is 0 Å². The minimum Gasteiger partial charge on any atom is -0.391 e. The van der Waals surface area contributed by atoms with E-state index in [9.17, 15) is 14.7 Å². The van der Waals surface area contributed by atoms with Crippen LogP contribution >= 0.6 is 11.8 Å². The highest BCUT2D eigenvalue weighted by atomic mass is 32.2. The van der Waals surface area contributed by atoms with E-state index in [2.05, 4.69) is 0 Å². The van der Waals surface area contributed by atoms with Gasteiger partial charge in [0.05, 0.1) is 17.3 Å². The number of aliphatic hydroxyl groups excluding tert-OH is 1. The van der Waals surface area contributed by atoms with Crippen molar-refractivity contribution in [2.24, 2.45) is 5.92 Å². The first-order valence-electron chi connectivity index (χ1n) is 6.36. The Labute approximate surface area is 105 Å². The zero-order valence-electron chi connectivity index (χ0n) is 9.67. The van der Waals surface area contributed by atoms with Crippen molar-refractivity contribution in [2.75, 3.05) is 5.75 Å². The molecule has 3 fully saturated rings. The monoisotopic (exact) mass is 255 g/mol. The lowest BCUT2D eigenvalue weighted by Gasteiger charge is -2.30. The summed E-state index contributed by atoms with van der Waals surface area (Å²) in [6.45, 7) is 0. The second-order valence-electron chi connectivity index (χ2n) is 5.19. The van der Waals surface area contributed by atoms with Gasteiger partial charge in [0, 0.05) is 11.8 Å². The quantitative estimate of drug-likeness (QED) is 0.704. The van der Waals surface area contributed by atoms with Crippen molar-refractivity contribution in [1.29, 1.82) is 0 Å². The molecule has 2 amide bonds. The molecule has 3 atom stereocenters. The van der Waals surface area contributed by atoms with Crippen molar-refractivity contribution in [3.8, 4) is 0 Å². The third kappa shape index (κ3) is 1.71. The molecule has 3 rings (SSSR count). The summed E-state index contributed by atoms with van der Waals surface area (Å²) in [5.74, 6) is -0.113. The van der Waals surface area contributed by atoms with Gasteiger partial charge in [-0.15, -0.1) is 11.8 Å². The number of hydrogen-bond acceptors (Lipinski definition) is 4. The van der Waals surface area contributed by atoms with Crippen LogP contribution in [0, 0.1) is 5.92 Å². The number of carbonyl (C=O) groups excluding carboxylic acids is 2. The zero-order valence-corrected chi connectivity index (χ0v) is 10.5. The van der Waals surface area contributed by atoms with Crippen LogP contribution in [0.2, 0.25) is 0 Å². The fourth-order valence-corrected chi connectivity index (χ4v) is 4.61. The fraction of sp³-hybridized carbons (Fsp3) is 0.833. The lowest BCUT2D eigenvalue weighted by atomic mass is 9.94. The molecule has 1 saturated carbocycles. The Bertz CT molecular complexity index is 354. The first kappa shape index (κ1) is 11.5. The Hall–Kier alpha value is -0.550. The standard InChI is InChI=1S/C12H17NO3S/c14-8-6-17-10-9(8)11(15)13(12(10)16)7-4-2-1-3-5-7/h7-10,14H,1-6H2/t8-,9-,10+/m1/s1. The maximum atomic E-state index is 12.2. The van der Waals surface area contributed by atoms with Gasteiger partial charge in [-0.3, -0.25) is 14.5 Å². The van der Waals surface area contributed by atoms with Crippen LogP contribution in [0.25, 0.3) is 0 Å². The predicted octanol–water partition coefficient (Wildman–Crippen LogP) is 0.780. The van der Waals surface area contributed by atoms with E-state index in [0.717, 1.165) is 25.7 Å². The molecule has 0 spiro atoms. The Morgan fingerprint density at radius 3 is 2.47 bits per heavy atom. The number of hydrogen-bond donors (Lipinski definition) is 1. The first-order chi connectivity index (χ1) is 8.20. The maximum Gasteiger partial charge on any atom is 0.243 e. The number of rotatable bonds is 1. The number of aliphatic hydroxyl groups is 1. The molecule has 2 heterocycles. The summed E-state index contributed by atoms with van der Waals surface area (Å²) in [6.07, 6.45) is 4.67. The van der Waals surface area contributed by atoms with E-state index < -0.39 is 12.0 Å². The second-order valence-corrected chi connectivity index (χ2v) is 6.36. The van der Waals surface area contributed by atoms with Crippen LogP contribution < -0.4 is 0 Å². The fourth-order valence-electron chi connectivity index (χ4n) is 3.24. The molecule has 0 aromatic rings. The first-order valence-corrected chi connectivity index (χ1v) is 7.41. The molecule has 0 aromatic heterocycles. The van der Waals surface area contributed by atoms with Crippen molar-refractivity contribution in [3.63, 3.8) is 0 Å². The molecular weight excluding hydrogens is 238 g/mol. The number of likely N-dealkylation sites (tertiary alicyclic amines) is 1. The number of imide groups is 1. The summed E-state index contributed by atoms with van der Waals surface area (Å²) in [5.41, 5.74) is 0. The number of thioether (sulfide) groups is 1. The highest BCUT2D eigenvalue weighted by Crippen LogP contribution is 2.42. The van der Waals surface area contributed by atoms with E-state index in [1.807, 2.05) is 0 Å². The molecular formula is C12H17NO3S. The molecule has 3 aliphatic rings. The van der Waals surface area contributed by atoms with Gasteiger partial charge in [-0.2, -0.15) is 0 Å². The highest BCUT2D eigenvalue weighted by molar-refractivity contribution is 8.01. The Morgan fingerprint density at radius 1 is 1.12 bits per heavy atom. The van der Waals surface area contributed by atoms with Gasteiger partial charge in [0.2, 0.25) is 11.8 Å². The molecule has 0 unspecified atom stereocenters. The normalized spacial score (nSPS) is 38.9. The van der Waals surface area contributed by atoms with Crippen molar-refractivity contribution in [1.82, 2.24) is 4.90 Å². The average Bonchev–Trinajstić information content (AvgIpc) is 2.82. The highest BCUT2D eigenvalue weighted by Gasteiger charge is 2.56. The van der Waals surface area contributed by atoms with E-state index in [-0.39, 0.29) is 23.1 Å². The maximum absolute atomic E-state index is 12.2. The van der Waals surface area contributed by atoms with Crippen LogP contribution in [-0.4, -0.2) is 45.0 Å². The summed E-state index contributed by atoms with van der Waals surface area (Å²) in [4.78, 5) is 25.9. The van der Waals surface area contributed by atoms with Crippen molar-refractivity contribution in [2.45, 2.75) is 49.5 Å². The third-order valence-corrected chi connectivity index (χ3v) is 5.52. The average molecular weight is 255 g/mol. The summed E-state index contributed by atoms with van der Waals surface area (Å²) < 4.78 is 0. The molecule has 94 valence electrons. The second kappa shape index (κ2) is 4.28. The molecule has 17 heavy (non-hydrogen) atoms. The van der Waals surface area contributed by atoms with Crippen LogP contribution in [0.5, 0.6) is 0 Å². The predicted molar refractivity (Wildman–Crippen MR) is 64.5 cm³/mol. The summed E-state index contributed by atoms with van der Waals surface area (Å²) >= 11 is 1.44. The van der Waals surface area contributed by atoms with Gasteiger partial charge < -0.3 is 5.11 Å². The lowest BCUT2D eigenvalue weighted by Crippen LogP contribution is -2.43. The Morgan fingerprint density at radius 2 is 1.82 bits per heavy atom. The van der Waals surface area contributed by atoms with Crippen molar-refractivity contribution >= 4 is 23.6 Å². The lowest BCUT2D eigenvalue weighted by molar-refractivity contribution is -0.143. The molecule has 0 aromatic carbocycles. The Balaban J connectivity index is 1.82. The minimum absolute atomic E-state index is 0.0477. The van der Waals surface area contributed by atoms with Gasteiger partial charge in [-0.1, -0.05) is 19.3 Å². The van der Waals surface area contributed by atoms with Gasteiger partial charge in [0.1, 0.15) is 0 Å². The van der Waals surface area contributed by atoms with E-state index in [4.69, 9.17) is 0 Å². The van der Waals surface area contributed by atoms with Crippen LogP contribution in [0.3, 0.4) is 0 Å². The molecule has 0 bridgehead atoms. The van der Waals surface area contributed by atoms with Crippen molar-refractivity contribution < 1.29 is 14.7 Å². The van der Waals surface area contributed by atoms with Gasteiger partial charge in [0.25, 0.3) is 0 Å². The molecule has 4 nitrogen and oxygen atoms in total. The van der Waals surface area contributed by atoms with E-state index >= 15 is 0 Å². The van der Waals surface area contributed by atoms with Crippen LogP contribution in [0.1, 0.15) is 32.1 Å². The molecule has 1 aliphatic carbocycles. The SMILES string of the molecule is O=C1[C@@H]2[C@H](O)CS[C@@H]2C(=O)N1C1CCCCC1. The van der Waals surface area contributed by atoms with Crippen molar-refractivity contribution in [3.05, 3.63) is 0 Å². The van der Waals surface area contributed by atoms with Gasteiger partial charge in [0.15, 0.2) is 0 Å². The molecule has 2 saturated heterocycles. The number of carbonyl (C=O) groups is 2. The zero-order chi connectivity index (χ0) is 12.0. The minimum atomic E-state index is -0.630. The molecule has 1 N–H and O–H groups in total. The van der Waals surface area contributed by atoms with Crippen LogP contribution in [-0.2, 0) is 9.59 Å². The molecule has 5 heteroatoms. The van der Waals surface area contributed by atoms with Gasteiger partial charge >= 0.3 is 0 Å². The Kier molecular flexibility index (Phi) is 2.91.